The number of aromatic nitrogens is 2. The molecule has 0 bridgehead atoms. The first kappa shape index (κ1) is 14.9. The zero-order chi connectivity index (χ0) is 15.5. The summed E-state index contributed by atoms with van der Waals surface area (Å²) in [5.74, 6) is 0.440. The molecule has 0 spiro atoms. The van der Waals surface area contributed by atoms with Gasteiger partial charge in [0.05, 0.1) is 7.11 Å². The average molecular weight is 299 g/mol. The Kier molecular flexibility index (Phi) is 4.15. The van der Waals surface area contributed by atoms with Gasteiger partial charge in [0.15, 0.2) is 5.69 Å². The van der Waals surface area contributed by atoms with Crippen LogP contribution in [0.15, 0.2) is 35.1 Å². The van der Waals surface area contributed by atoms with Crippen LogP contribution in [0, 0.1) is 0 Å². The van der Waals surface area contributed by atoms with Gasteiger partial charge < -0.3 is 10.1 Å². The van der Waals surface area contributed by atoms with Crippen LogP contribution in [0.5, 0.6) is 5.75 Å². The number of nitrogens with zero attached hydrogens (tertiary/aromatic N) is 1. The van der Waals surface area contributed by atoms with Crippen molar-refractivity contribution in [1.29, 1.82) is 0 Å². The predicted octanol–water partition coefficient (Wildman–Crippen LogP) is 2.41. The molecule has 8 heteroatoms. The van der Waals surface area contributed by atoms with E-state index in [-0.39, 0.29) is 12.5 Å². The number of nitrogens with one attached hydrogen (secondary N) is 2. The monoisotopic (exact) mass is 299 g/mol. The first-order chi connectivity index (χ1) is 9.88. The smallest absolute Gasteiger partial charge is 0.433 e. The molecule has 0 aliphatic carbocycles. The average Bonchev–Trinajstić information content (AvgIpc) is 2.44. The Labute approximate surface area is 117 Å². The maximum absolute atomic E-state index is 12.5. The molecule has 0 atom stereocenters. The molecule has 112 valence electrons. The van der Waals surface area contributed by atoms with E-state index in [0.29, 0.717) is 11.8 Å². The number of alkyl halides is 3. The Morgan fingerprint density at radius 1 is 1.29 bits per heavy atom. The maximum atomic E-state index is 12.5. The molecule has 1 aromatic carbocycles. The first-order valence-electron chi connectivity index (χ1n) is 5.94. The molecule has 2 N–H and O–H groups in total. The molecule has 0 amide bonds. The number of aromatic amines is 1. The van der Waals surface area contributed by atoms with Crippen LogP contribution in [-0.2, 0) is 12.7 Å². The third-order valence-corrected chi connectivity index (χ3v) is 2.65. The zero-order valence-corrected chi connectivity index (χ0v) is 11.0. The van der Waals surface area contributed by atoms with Gasteiger partial charge in [-0.2, -0.15) is 13.2 Å². The highest BCUT2D eigenvalue weighted by atomic mass is 19.4. The van der Waals surface area contributed by atoms with Crippen molar-refractivity contribution in [2.75, 3.05) is 12.4 Å². The van der Waals surface area contributed by atoms with Crippen LogP contribution >= 0.6 is 0 Å². The van der Waals surface area contributed by atoms with Gasteiger partial charge in [0.2, 0.25) is 5.95 Å². The second-order valence-corrected chi connectivity index (χ2v) is 4.18. The van der Waals surface area contributed by atoms with Gasteiger partial charge in [0.1, 0.15) is 5.75 Å². The van der Waals surface area contributed by atoms with E-state index in [9.17, 15) is 18.0 Å². The molecule has 1 aromatic heterocycles. The lowest BCUT2D eigenvalue weighted by Crippen LogP contribution is -2.18. The van der Waals surface area contributed by atoms with Gasteiger partial charge in [-0.25, -0.2) is 4.98 Å². The lowest BCUT2D eigenvalue weighted by Gasteiger charge is -2.09. The van der Waals surface area contributed by atoms with E-state index >= 15 is 0 Å². The molecule has 0 aliphatic rings. The molecule has 0 aliphatic heterocycles. The second kappa shape index (κ2) is 5.86. The topological polar surface area (TPSA) is 67.0 Å². The van der Waals surface area contributed by atoms with Crippen molar-refractivity contribution in [1.82, 2.24) is 9.97 Å². The van der Waals surface area contributed by atoms with Gasteiger partial charge in [-0.15, -0.1) is 0 Å². The molecule has 1 heterocycles. The van der Waals surface area contributed by atoms with E-state index in [1.807, 2.05) is 0 Å². The SMILES string of the molecule is COc1ccc(CNc2nc(C(F)(F)F)cc(=O)[nH]2)cc1. The Hall–Kier alpha value is -2.51. The summed E-state index contributed by atoms with van der Waals surface area (Å²) < 4.78 is 42.6. The fourth-order valence-electron chi connectivity index (χ4n) is 1.62. The number of rotatable bonds is 4. The highest BCUT2D eigenvalue weighted by Crippen LogP contribution is 2.26. The highest BCUT2D eigenvalue weighted by Gasteiger charge is 2.33. The maximum Gasteiger partial charge on any atom is 0.433 e. The molecule has 5 nitrogen and oxygen atoms in total. The molecule has 0 saturated carbocycles. The molecule has 0 radical (unpaired) electrons. The summed E-state index contributed by atoms with van der Waals surface area (Å²) in [7, 11) is 1.53. The van der Waals surface area contributed by atoms with E-state index in [4.69, 9.17) is 4.74 Å². The summed E-state index contributed by atoms with van der Waals surface area (Å²) in [6.07, 6.45) is -4.66. The molecule has 21 heavy (non-hydrogen) atoms. The van der Waals surface area contributed by atoms with Crippen LogP contribution in [0.2, 0.25) is 0 Å². The molecule has 2 aromatic rings. The zero-order valence-electron chi connectivity index (χ0n) is 11.0. The lowest BCUT2D eigenvalue weighted by molar-refractivity contribution is -0.141. The standard InChI is InChI=1S/C13H12F3N3O2/c1-21-9-4-2-8(3-5-9)7-17-12-18-10(13(14,15)16)6-11(20)19-12/h2-6H,7H2,1H3,(H2,17,18,19,20). The van der Waals surface area contributed by atoms with Crippen molar-refractivity contribution < 1.29 is 17.9 Å². The molecular weight excluding hydrogens is 287 g/mol. The number of ether oxygens (including phenoxy) is 1. The van der Waals surface area contributed by atoms with Crippen LogP contribution in [0.4, 0.5) is 19.1 Å². The molecule has 0 fully saturated rings. The van der Waals surface area contributed by atoms with E-state index in [0.717, 1.165) is 5.56 Å². The summed E-state index contributed by atoms with van der Waals surface area (Å²) in [6.45, 7) is 0.217. The number of methoxy groups -OCH3 is 1. The van der Waals surface area contributed by atoms with Crippen molar-refractivity contribution in [3.63, 3.8) is 0 Å². The Bertz CT molecular complexity index is 666. The number of halogens is 3. The number of hydrogen-bond acceptors (Lipinski definition) is 4. The molecule has 0 unspecified atom stereocenters. The van der Waals surface area contributed by atoms with Gasteiger partial charge >= 0.3 is 6.18 Å². The quantitative estimate of drug-likeness (QED) is 0.910. The minimum absolute atomic E-state index is 0.217. The van der Waals surface area contributed by atoms with Crippen LogP contribution in [-0.4, -0.2) is 17.1 Å². The largest absolute Gasteiger partial charge is 0.497 e. The third-order valence-electron chi connectivity index (χ3n) is 2.65. The van der Waals surface area contributed by atoms with E-state index in [1.54, 1.807) is 24.3 Å². The van der Waals surface area contributed by atoms with Crippen molar-refractivity contribution in [3.8, 4) is 5.75 Å². The summed E-state index contributed by atoms with van der Waals surface area (Å²) in [6, 6.07) is 7.35. The third kappa shape index (κ3) is 3.98. The van der Waals surface area contributed by atoms with E-state index in [1.165, 1.54) is 7.11 Å². The Balaban J connectivity index is 2.12. The van der Waals surface area contributed by atoms with Crippen molar-refractivity contribution in [3.05, 3.63) is 51.9 Å². The van der Waals surface area contributed by atoms with Crippen LogP contribution < -0.4 is 15.6 Å². The minimum Gasteiger partial charge on any atom is -0.497 e. The fraction of sp³-hybridized carbons (Fsp3) is 0.231. The predicted molar refractivity (Wildman–Crippen MR) is 70.2 cm³/mol. The molecular formula is C13H12F3N3O2. The fourth-order valence-corrected chi connectivity index (χ4v) is 1.62. The van der Waals surface area contributed by atoms with Crippen LogP contribution in [0.3, 0.4) is 0 Å². The molecule has 0 saturated heterocycles. The van der Waals surface area contributed by atoms with Gasteiger partial charge in [-0.1, -0.05) is 12.1 Å². The number of anilines is 1. The number of benzene rings is 1. The van der Waals surface area contributed by atoms with Crippen LogP contribution in [0.1, 0.15) is 11.3 Å². The number of H-pyrrole nitrogens is 1. The van der Waals surface area contributed by atoms with Gasteiger partial charge in [-0.05, 0) is 17.7 Å². The van der Waals surface area contributed by atoms with Crippen LogP contribution in [0.25, 0.3) is 0 Å². The Morgan fingerprint density at radius 3 is 2.52 bits per heavy atom. The summed E-state index contributed by atoms with van der Waals surface area (Å²) in [5, 5.41) is 2.64. The van der Waals surface area contributed by atoms with E-state index < -0.39 is 17.4 Å². The van der Waals surface area contributed by atoms with Crippen molar-refractivity contribution in [2.45, 2.75) is 12.7 Å². The second-order valence-electron chi connectivity index (χ2n) is 4.18. The lowest BCUT2D eigenvalue weighted by atomic mass is 10.2. The first-order valence-corrected chi connectivity index (χ1v) is 5.94. The van der Waals surface area contributed by atoms with E-state index in [2.05, 4.69) is 15.3 Å². The van der Waals surface area contributed by atoms with Crippen molar-refractivity contribution >= 4 is 5.95 Å². The highest BCUT2D eigenvalue weighted by molar-refractivity contribution is 5.32. The van der Waals surface area contributed by atoms with Gasteiger partial charge in [0.25, 0.3) is 5.56 Å². The van der Waals surface area contributed by atoms with Gasteiger partial charge in [0, 0.05) is 12.6 Å². The molecule has 2 rings (SSSR count). The summed E-state index contributed by atoms with van der Waals surface area (Å²) >= 11 is 0. The minimum atomic E-state index is -4.66. The summed E-state index contributed by atoms with van der Waals surface area (Å²) in [4.78, 5) is 16.7. The Morgan fingerprint density at radius 2 is 1.95 bits per heavy atom. The summed E-state index contributed by atoms with van der Waals surface area (Å²) in [5.41, 5.74) is -1.30. The number of hydrogen-bond donors (Lipinski definition) is 2. The van der Waals surface area contributed by atoms with Gasteiger partial charge in [-0.3, -0.25) is 9.78 Å². The normalized spacial score (nSPS) is 11.2. The van der Waals surface area contributed by atoms with Crippen molar-refractivity contribution in [2.24, 2.45) is 0 Å².